The van der Waals surface area contributed by atoms with E-state index in [1.165, 1.54) is 0 Å². The average molecular weight is 269 g/mol. The van der Waals surface area contributed by atoms with Crippen LogP contribution in [0.1, 0.15) is 12.8 Å². The number of carbonyl (C=O) groups is 1. The van der Waals surface area contributed by atoms with Gasteiger partial charge < -0.3 is 15.3 Å². The van der Waals surface area contributed by atoms with E-state index in [4.69, 9.17) is 22.1 Å². The quantitative estimate of drug-likeness (QED) is 0.844. The lowest BCUT2D eigenvalue weighted by Crippen LogP contribution is -2.49. The van der Waals surface area contributed by atoms with Gasteiger partial charge in [-0.05, 0) is 25.0 Å². The van der Waals surface area contributed by atoms with E-state index in [-0.39, 0.29) is 6.10 Å². The number of halogens is 1. The van der Waals surface area contributed by atoms with E-state index >= 15 is 0 Å². The summed E-state index contributed by atoms with van der Waals surface area (Å²) in [7, 11) is 0. The van der Waals surface area contributed by atoms with Crippen LogP contribution in [0.3, 0.4) is 0 Å². The van der Waals surface area contributed by atoms with Crippen LogP contribution in [-0.4, -0.2) is 36.5 Å². The molecule has 1 aromatic carbocycles. The van der Waals surface area contributed by atoms with E-state index in [0.717, 1.165) is 38.0 Å². The van der Waals surface area contributed by atoms with Crippen molar-refractivity contribution in [3.05, 3.63) is 29.3 Å². The second-order valence-corrected chi connectivity index (χ2v) is 4.82. The third-order valence-electron chi connectivity index (χ3n) is 3.17. The first-order chi connectivity index (χ1) is 8.70. The molecule has 0 saturated carbocycles. The zero-order chi connectivity index (χ0) is 13.0. The van der Waals surface area contributed by atoms with E-state index in [9.17, 15) is 4.79 Å². The van der Waals surface area contributed by atoms with Gasteiger partial charge in [0.1, 0.15) is 18.0 Å². The SMILES string of the molecule is NC(C=O)N1CCC(Oc2ccccc2Cl)CC1. The van der Waals surface area contributed by atoms with E-state index in [1.807, 2.05) is 29.2 Å². The predicted molar refractivity (Wildman–Crippen MR) is 70.7 cm³/mol. The molecule has 5 heteroatoms. The van der Waals surface area contributed by atoms with Gasteiger partial charge in [0.25, 0.3) is 0 Å². The van der Waals surface area contributed by atoms with Crippen LogP contribution in [0, 0.1) is 0 Å². The standard InChI is InChI=1S/C13H17ClN2O2/c14-11-3-1-2-4-12(11)18-10-5-7-16(8-6-10)13(15)9-17/h1-4,9-10,13H,5-8,15H2. The monoisotopic (exact) mass is 268 g/mol. The Morgan fingerprint density at radius 1 is 1.39 bits per heavy atom. The van der Waals surface area contributed by atoms with Gasteiger partial charge in [0.05, 0.1) is 5.02 Å². The highest BCUT2D eigenvalue weighted by Gasteiger charge is 2.24. The molecule has 0 amide bonds. The van der Waals surface area contributed by atoms with Crippen molar-refractivity contribution in [3.8, 4) is 5.75 Å². The number of benzene rings is 1. The van der Waals surface area contributed by atoms with Crippen LogP contribution in [-0.2, 0) is 4.79 Å². The first kappa shape index (κ1) is 13.3. The van der Waals surface area contributed by atoms with Crippen LogP contribution < -0.4 is 10.5 Å². The Labute approximate surface area is 112 Å². The summed E-state index contributed by atoms with van der Waals surface area (Å²) in [6, 6.07) is 7.46. The number of rotatable bonds is 4. The Hall–Kier alpha value is -1.10. The van der Waals surface area contributed by atoms with Crippen molar-refractivity contribution in [1.82, 2.24) is 4.90 Å². The van der Waals surface area contributed by atoms with E-state index in [0.29, 0.717) is 5.02 Å². The summed E-state index contributed by atoms with van der Waals surface area (Å²) in [4.78, 5) is 12.6. The number of likely N-dealkylation sites (tertiary alicyclic amines) is 1. The first-order valence-corrected chi connectivity index (χ1v) is 6.44. The lowest BCUT2D eigenvalue weighted by Gasteiger charge is -2.33. The first-order valence-electron chi connectivity index (χ1n) is 6.07. The summed E-state index contributed by atoms with van der Waals surface area (Å²) in [5.41, 5.74) is 5.67. The second-order valence-electron chi connectivity index (χ2n) is 4.41. The molecule has 1 saturated heterocycles. The predicted octanol–water partition coefficient (Wildman–Crippen LogP) is 1.67. The van der Waals surface area contributed by atoms with Crippen molar-refractivity contribution in [3.63, 3.8) is 0 Å². The zero-order valence-electron chi connectivity index (χ0n) is 10.1. The highest BCUT2D eigenvalue weighted by atomic mass is 35.5. The van der Waals surface area contributed by atoms with Crippen molar-refractivity contribution in [2.24, 2.45) is 5.73 Å². The number of aldehydes is 1. The highest BCUT2D eigenvalue weighted by Crippen LogP contribution is 2.26. The molecule has 1 unspecified atom stereocenters. The fourth-order valence-electron chi connectivity index (χ4n) is 2.10. The van der Waals surface area contributed by atoms with E-state index < -0.39 is 6.17 Å². The Kier molecular flexibility index (Phi) is 4.58. The topological polar surface area (TPSA) is 55.6 Å². The lowest BCUT2D eigenvalue weighted by atomic mass is 10.1. The van der Waals surface area contributed by atoms with Gasteiger partial charge in [0.2, 0.25) is 0 Å². The summed E-state index contributed by atoms with van der Waals surface area (Å²) < 4.78 is 5.86. The minimum atomic E-state index is -0.494. The molecule has 1 aliphatic rings. The molecule has 2 rings (SSSR count). The van der Waals surface area contributed by atoms with E-state index in [1.54, 1.807) is 0 Å². The van der Waals surface area contributed by atoms with Gasteiger partial charge in [-0.25, -0.2) is 0 Å². The molecule has 0 radical (unpaired) electrons. The Morgan fingerprint density at radius 3 is 2.67 bits per heavy atom. The number of ether oxygens (including phenoxy) is 1. The molecule has 4 nitrogen and oxygen atoms in total. The molecule has 1 heterocycles. The van der Waals surface area contributed by atoms with Crippen molar-refractivity contribution in [1.29, 1.82) is 0 Å². The van der Waals surface area contributed by atoms with Gasteiger partial charge in [-0.2, -0.15) is 0 Å². The molecule has 1 aromatic rings. The van der Waals surface area contributed by atoms with Crippen LogP contribution in [0.5, 0.6) is 5.75 Å². The molecule has 0 bridgehead atoms. The molecule has 0 aliphatic carbocycles. The maximum Gasteiger partial charge on any atom is 0.151 e. The number of piperidine rings is 1. The largest absolute Gasteiger partial charge is 0.489 e. The normalized spacial score (nSPS) is 19.4. The number of para-hydroxylation sites is 1. The number of hydrogen-bond acceptors (Lipinski definition) is 4. The summed E-state index contributed by atoms with van der Waals surface area (Å²) in [6.07, 6.45) is 2.13. The Balaban J connectivity index is 1.87. The maximum atomic E-state index is 10.6. The van der Waals surface area contributed by atoms with Gasteiger partial charge in [0.15, 0.2) is 6.29 Å². The van der Waals surface area contributed by atoms with Crippen LogP contribution in [0.25, 0.3) is 0 Å². The maximum absolute atomic E-state index is 10.6. The van der Waals surface area contributed by atoms with Gasteiger partial charge >= 0.3 is 0 Å². The van der Waals surface area contributed by atoms with Crippen LogP contribution >= 0.6 is 11.6 Å². The fraction of sp³-hybridized carbons (Fsp3) is 0.462. The summed E-state index contributed by atoms with van der Waals surface area (Å²) in [6.45, 7) is 1.55. The lowest BCUT2D eigenvalue weighted by molar-refractivity contribution is -0.113. The van der Waals surface area contributed by atoms with Gasteiger partial charge in [0, 0.05) is 13.1 Å². The molecular formula is C13H17ClN2O2. The smallest absolute Gasteiger partial charge is 0.151 e. The van der Waals surface area contributed by atoms with Crippen molar-refractivity contribution < 1.29 is 9.53 Å². The van der Waals surface area contributed by atoms with Crippen LogP contribution in [0.4, 0.5) is 0 Å². The Bertz CT molecular complexity index is 406. The minimum Gasteiger partial charge on any atom is -0.489 e. The number of hydrogen-bond donors (Lipinski definition) is 1. The molecule has 0 aromatic heterocycles. The fourth-order valence-corrected chi connectivity index (χ4v) is 2.28. The summed E-state index contributed by atoms with van der Waals surface area (Å²) in [5, 5.41) is 0.629. The van der Waals surface area contributed by atoms with E-state index in [2.05, 4.69) is 0 Å². The number of nitrogens with zero attached hydrogens (tertiary/aromatic N) is 1. The van der Waals surface area contributed by atoms with Gasteiger partial charge in [-0.1, -0.05) is 23.7 Å². The molecule has 1 aliphatic heterocycles. The third kappa shape index (κ3) is 3.22. The number of nitrogens with two attached hydrogens (primary N) is 1. The molecular weight excluding hydrogens is 252 g/mol. The second kappa shape index (κ2) is 6.18. The van der Waals surface area contributed by atoms with Gasteiger partial charge in [-0.15, -0.1) is 0 Å². The minimum absolute atomic E-state index is 0.139. The molecule has 2 N–H and O–H groups in total. The average Bonchev–Trinajstić information content (AvgIpc) is 2.41. The zero-order valence-corrected chi connectivity index (χ0v) is 10.8. The Morgan fingerprint density at radius 2 is 2.06 bits per heavy atom. The third-order valence-corrected chi connectivity index (χ3v) is 3.48. The molecule has 1 atom stereocenters. The number of carbonyl (C=O) groups excluding carboxylic acids is 1. The molecule has 98 valence electrons. The molecule has 18 heavy (non-hydrogen) atoms. The van der Waals surface area contributed by atoms with Gasteiger partial charge in [-0.3, -0.25) is 4.90 Å². The van der Waals surface area contributed by atoms with Crippen LogP contribution in [0.15, 0.2) is 24.3 Å². The van der Waals surface area contributed by atoms with Crippen molar-refractivity contribution in [2.45, 2.75) is 25.1 Å². The van der Waals surface area contributed by atoms with Crippen molar-refractivity contribution in [2.75, 3.05) is 13.1 Å². The van der Waals surface area contributed by atoms with Crippen molar-refractivity contribution >= 4 is 17.9 Å². The molecule has 0 spiro atoms. The summed E-state index contributed by atoms with van der Waals surface area (Å²) in [5.74, 6) is 0.720. The van der Waals surface area contributed by atoms with Crippen LogP contribution in [0.2, 0.25) is 5.02 Å². The molecule has 1 fully saturated rings. The highest BCUT2D eigenvalue weighted by molar-refractivity contribution is 6.32. The summed E-state index contributed by atoms with van der Waals surface area (Å²) >= 11 is 6.04.